The summed E-state index contributed by atoms with van der Waals surface area (Å²) in [6.45, 7) is 0.448. The predicted molar refractivity (Wildman–Crippen MR) is 93.7 cm³/mol. The van der Waals surface area contributed by atoms with Gasteiger partial charge in [0.2, 0.25) is 0 Å². The Bertz CT molecular complexity index is 732. The van der Waals surface area contributed by atoms with Crippen LogP contribution in [0.1, 0.15) is 55.3 Å². The number of halogens is 1. The second kappa shape index (κ2) is 7.04. The molecule has 0 bridgehead atoms. The van der Waals surface area contributed by atoms with Gasteiger partial charge in [-0.2, -0.15) is 0 Å². The van der Waals surface area contributed by atoms with Crippen LogP contribution >= 0.6 is 11.6 Å². The van der Waals surface area contributed by atoms with E-state index >= 15 is 0 Å². The standard InChI is InChI=1S/C18H23ClO4S/c1-24(21,22)15-10-9-14(17(20)13-5-3-2-4-6-13)16(19)18(15)23-11-12-7-8-12/h9-10,12-13H,2-8,11H2,1H3. The van der Waals surface area contributed by atoms with Crippen molar-refractivity contribution >= 4 is 27.2 Å². The van der Waals surface area contributed by atoms with Gasteiger partial charge in [0, 0.05) is 17.7 Å². The van der Waals surface area contributed by atoms with E-state index < -0.39 is 9.84 Å². The zero-order valence-corrected chi connectivity index (χ0v) is 15.5. The first kappa shape index (κ1) is 17.7. The quantitative estimate of drug-likeness (QED) is 0.700. The Labute approximate surface area is 148 Å². The van der Waals surface area contributed by atoms with Crippen LogP contribution in [0.15, 0.2) is 17.0 Å². The SMILES string of the molecule is CS(=O)(=O)c1ccc(C(=O)C2CCCCC2)c(Cl)c1OCC1CC1. The van der Waals surface area contributed by atoms with Gasteiger partial charge in [0.25, 0.3) is 0 Å². The number of hydrogen-bond donors (Lipinski definition) is 0. The van der Waals surface area contributed by atoms with Gasteiger partial charge in [0.15, 0.2) is 21.4 Å². The van der Waals surface area contributed by atoms with Crippen LogP contribution in [0.4, 0.5) is 0 Å². The maximum Gasteiger partial charge on any atom is 0.179 e. The summed E-state index contributed by atoms with van der Waals surface area (Å²) in [7, 11) is -3.47. The highest BCUT2D eigenvalue weighted by Gasteiger charge is 2.29. The molecular weight excluding hydrogens is 348 g/mol. The van der Waals surface area contributed by atoms with Crippen LogP contribution in [-0.2, 0) is 9.84 Å². The largest absolute Gasteiger partial charge is 0.490 e. The summed E-state index contributed by atoms with van der Waals surface area (Å²) in [5.74, 6) is 0.603. The van der Waals surface area contributed by atoms with Gasteiger partial charge in [-0.25, -0.2) is 8.42 Å². The Morgan fingerprint density at radius 1 is 1.17 bits per heavy atom. The van der Waals surface area contributed by atoms with Crippen molar-refractivity contribution in [2.45, 2.75) is 49.8 Å². The summed E-state index contributed by atoms with van der Waals surface area (Å²) >= 11 is 6.43. The molecule has 2 saturated carbocycles. The van der Waals surface area contributed by atoms with Gasteiger partial charge in [0.05, 0.1) is 11.6 Å². The summed E-state index contributed by atoms with van der Waals surface area (Å²) in [4.78, 5) is 12.9. The number of sulfone groups is 1. The number of carbonyl (C=O) groups excluding carboxylic acids is 1. The van der Waals surface area contributed by atoms with Crippen LogP contribution < -0.4 is 4.74 Å². The predicted octanol–water partition coefficient (Wildman–Crippen LogP) is 4.30. The molecule has 2 aliphatic carbocycles. The Morgan fingerprint density at radius 3 is 2.42 bits per heavy atom. The molecule has 0 heterocycles. The monoisotopic (exact) mass is 370 g/mol. The average molecular weight is 371 g/mol. The topological polar surface area (TPSA) is 60.4 Å². The summed E-state index contributed by atoms with van der Waals surface area (Å²) < 4.78 is 29.8. The van der Waals surface area contributed by atoms with Gasteiger partial charge < -0.3 is 4.74 Å². The van der Waals surface area contributed by atoms with E-state index in [0.717, 1.165) is 44.8 Å². The molecule has 0 aromatic heterocycles. The lowest BCUT2D eigenvalue weighted by atomic mass is 9.84. The van der Waals surface area contributed by atoms with Crippen molar-refractivity contribution in [1.29, 1.82) is 0 Å². The van der Waals surface area contributed by atoms with Crippen molar-refractivity contribution in [3.05, 3.63) is 22.7 Å². The van der Waals surface area contributed by atoms with E-state index in [4.69, 9.17) is 16.3 Å². The van der Waals surface area contributed by atoms with E-state index in [2.05, 4.69) is 0 Å². The summed E-state index contributed by atoms with van der Waals surface area (Å²) in [5.41, 5.74) is 0.391. The minimum atomic E-state index is -3.47. The fraction of sp³-hybridized carbons (Fsp3) is 0.611. The Kier molecular flexibility index (Phi) is 5.21. The third kappa shape index (κ3) is 3.94. The first-order chi connectivity index (χ1) is 11.4. The number of ketones is 1. The van der Waals surface area contributed by atoms with Crippen LogP contribution in [0, 0.1) is 11.8 Å². The number of carbonyl (C=O) groups is 1. The zero-order chi connectivity index (χ0) is 17.3. The van der Waals surface area contributed by atoms with E-state index in [9.17, 15) is 13.2 Å². The van der Waals surface area contributed by atoms with Crippen molar-refractivity contribution in [1.82, 2.24) is 0 Å². The Morgan fingerprint density at radius 2 is 1.83 bits per heavy atom. The summed E-state index contributed by atoms with van der Waals surface area (Å²) in [6, 6.07) is 3.00. The molecule has 0 spiro atoms. The highest BCUT2D eigenvalue weighted by Crippen LogP contribution is 2.39. The Hall–Kier alpha value is -1.07. The molecule has 0 atom stereocenters. The lowest BCUT2D eigenvalue weighted by Gasteiger charge is -2.22. The number of rotatable bonds is 6. The van der Waals surface area contributed by atoms with Gasteiger partial charge in [-0.05, 0) is 43.7 Å². The molecule has 0 saturated heterocycles. The van der Waals surface area contributed by atoms with Crippen molar-refractivity contribution in [3.63, 3.8) is 0 Å². The molecule has 0 radical (unpaired) electrons. The van der Waals surface area contributed by atoms with Gasteiger partial charge >= 0.3 is 0 Å². The lowest BCUT2D eigenvalue weighted by molar-refractivity contribution is 0.0889. The third-order valence-corrected chi connectivity index (χ3v) is 6.36. The van der Waals surface area contributed by atoms with Crippen LogP contribution in [0.25, 0.3) is 0 Å². The Balaban J connectivity index is 1.94. The molecule has 0 N–H and O–H groups in total. The number of Topliss-reactive ketones (excluding diaryl/α,β-unsaturated/α-hetero) is 1. The molecule has 1 aromatic carbocycles. The summed E-state index contributed by atoms with van der Waals surface area (Å²) in [5, 5.41) is 0.147. The number of benzene rings is 1. The normalized spacial score (nSPS) is 19.2. The average Bonchev–Trinajstić information content (AvgIpc) is 3.37. The van der Waals surface area contributed by atoms with Crippen molar-refractivity contribution in [3.8, 4) is 5.75 Å². The molecule has 0 aliphatic heterocycles. The molecule has 0 amide bonds. The zero-order valence-electron chi connectivity index (χ0n) is 13.9. The third-order valence-electron chi connectivity index (χ3n) is 4.86. The molecule has 0 unspecified atom stereocenters. The van der Waals surface area contributed by atoms with Gasteiger partial charge in [-0.15, -0.1) is 0 Å². The van der Waals surface area contributed by atoms with Crippen LogP contribution in [0.2, 0.25) is 5.02 Å². The minimum Gasteiger partial charge on any atom is -0.490 e. The van der Waals surface area contributed by atoms with Crippen molar-refractivity contribution < 1.29 is 17.9 Å². The van der Waals surface area contributed by atoms with Gasteiger partial charge in [-0.3, -0.25) is 4.79 Å². The van der Waals surface area contributed by atoms with Crippen LogP contribution in [-0.4, -0.2) is 27.1 Å². The summed E-state index contributed by atoms with van der Waals surface area (Å²) in [6.07, 6.45) is 8.34. The van der Waals surface area contributed by atoms with E-state index in [1.54, 1.807) is 6.07 Å². The number of ether oxygens (including phenoxy) is 1. The second-order valence-electron chi connectivity index (χ2n) is 6.98. The smallest absolute Gasteiger partial charge is 0.179 e. The highest BCUT2D eigenvalue weighted by atomic mass is 35.5. The fourth-order valence-electron chi connectivity index (χ4n) is 3.23. The lowest BCUT2D eigenvalue weighted by Crippen LogP contribution is -2.19. The molecule has 6 heteroatoms. The van der Waals surface area contributed by atoms with E-state index in [1.807, 2.05) is 0 Å². The number of hydrogen-bond acceptors (Lipinski definition) is 4. The van der Waals surface area contributed by atoms with Crippen molar-refractivity contribution in [2.24, 2.45) is 11.8 Å². The molecule has 132 valence electrons. The maximum atomic E-state index is 12.8. The first-order valence-corrected chi connectivity index (χ1v) is 10.8. The van der Waals surface area contributed by atoms with Gasteiger partial charge in [0.1, 0.15) is 4.90 Å². The van der Waals surface area contributed by atoms with Crippen LogP contribution in [0.5, 0.6) is 5.75 Å². The molecule has 24 heavy (non-hydrogen) atoms. The molecule has 4 nitrogen and oxygen atoms in total. The van der Waals surface area contributed by atoms with E-state index in [1.165, 1.54) is 12.5 Å². The molecule has 3 rings (SSSR count). The first-order valence-electron chi connectivity index (χ1n) is 8.57. The second-order valence-corrected chi connectivity index (χ2v) is 9.34. The van der Waals surface area contributed by atoms with E-state index in [-0.39, 0.29) is 27.4 Å². The maximum absolute atomic E-state index is 12.8. The van der Waals surface area contributed by atoms with Crippen LogP contribution in [0.3, 0.4) is 0 Å². The fourth-order valence-corrected chi connectivity index (χ4v) is 4.41. The molecule has 2 aliphatic rings. The minimum absolute atomic E-state index is 0.0102. The molecule has 2 fully saturated rings. The van der Waals surface area contributed by atoms with E-state index in [0.29, 0.717) is 18.1 Å². The molecule has 1 aromatic rings. The van der Waals surface area contributed by atoms with Gasteiger partial charge in [-0.1, -0.05) is 30.9 Å². The van der Waals surface area contributed by atoms with Crippen molar-refractivity contribution in [2.75, 3.05) is 12.9 Å². The highest BCUT2D eigenvalue weighted by molar-refractivity contribution is 7.90. The molecular formula is C18H23ClO4S.